The van der Waals surface area contributed by atoms with Crippen molar-refractivity contribution in [1.29, 1.82) is 0 Å². The van der Waals surface area contributed by atoms with E-state index in [1.165, 1.54) is 0 Å². The molecule has 0 bridgehead atoms. The van der Waals surface area contributed by atoms with Crippen LogP contribution in [0.5, 0.6) is 0 Å². The van der Waals surface area contributed by atoms with Gasteiger partial charge in [-0.3, -0.25) is 4.40 Å². The van der Waals surface area contributed by atoms with E-state index >= 15 is 0 Å². The van der Waals surface area contributed by atoms with E-state index in [-0.39, 0.29) is 0 Å². The van der Waals surface area contributed by atoms with Crippen molar-refractivity contribution in [2.75, 3.05) is 0 Å². The van der Waals surface area contributed by atoms with Gasteiger partial charge in [0.25, 0.3) is 0 Å². The number of para-hydroxylation sites is 2. The molecule has 0 aliphatic carbocycles. The van der Waals surface area contributed by atoms with Crippen molar-refractivity contribution in [3.05, 3.63) is 42.9 Å². The minimum Gasteiger partial charge on any atom is -0.283 e. The van der Waals surface area contributed by atoms with Crippen LogP contribution in [-0.4, -0.2) is 14.4 Å². The van der Waals surface area contributed by atoms with Crippen LogP contribution in [0.3, 0.4) is 0 Å². The van der Waals surface area contributed by atoms with Crippen molar-refractivity contribution in [1.82, 2.24) is 14.4 Å². The number of nitrogens with zero attached hydrogens (tertiary/aromatic N) is 3. The van der Waals surface area contributed by atoms with Crippen LogP contribution in [0.25, 0.3) is 16.7 Å². The summed E-state index contributed by atoms with van der Waals surface area (Å²) in [5.41, 5.74) is 3.05. The van der Waals surface area contributed by atoms with Crippen LogP contribution in [-0.2, 0) is 0 Å². The third-order valence-corrected chi connectivity index (χ3v) is 2.11. The van der Waals surface area contributed by atoms with Crippen molar-refractivity contribution >= 4 is 16.7 Å². The summed E-state index contributed by atoms with van der Waals surface area (Å²) in [7, 11) is 0. The maximum absolute atomic E-state index is 4.44. The molecule has 0 atom stereocenters. The van der Waals surface area contributed by atoms with Gasteiger partial charge < -0.3 is 0 Å². The van der Waals surface area contributed by atoms with Crippen molar-refractivity contribution in [3.63, 3.8) is 0 Å². The molecular formula is C10H7N3. The number of aromatic nitrogens is 3. The lowest BCUT2D eigenvalue weighted by Crippen LogP contribution is -1.83. The Morgan fingerprint density at radius 2 is 2.00 bits per heavy atom. The minimum atomic E-state index is 0.941. The predicted octanol–water partition coefficient (Wildman–Crippen LogP) is 1.88. The normalized spacial score (nSPS) is 11.1. The van der Waals surface area contributed by atoms with Gasteiger partial charge in [0.1, 0.15) is 12.0 Å². The summed E-state index contributed by atoms with van der Waals surface area (Å²) in [5.74, 6) is 0. The Morgan fingerprint density at radius 1 is 1.08 bits per heavy atom. The van der Waals surface area contributed by atoms with Gasteiger partial charge in [-0.2, -0.15) is 0 Å². The second kappa shape index (κ2) is 2.29. The number of fused-ring (bicyclic) bond motifs is 3. The van der Waals surface area contributed by atoms with Gasteiger partial charge in [0, 0.05) is 6.20 Å². The molecule has 0 unspecified atom stereocenters. The van der Waals surface area contributed by atoms with E-state index in [0.717, 1.165) is 16.7 Å². The molecule has 0 N–H and O–H groups in total. The Bertz CT molecular complexity index is 518. The SMILES string of the molecule is c1ccc2c(c1)nc1ccncn12. The van der Waals surface area contributed by atoms with Gasteiger partial charge in [-0.05, 0) is 18.2 Å². The fourth-order valence-electron chi connectivity index (χ4n) is 1.52. The van der Waals surface area contributed by atoms with E-state index in [2.05, 4.69) is 9.97 Å². The summed E-state index contributed by atoms with van der Waals surface area (Å²) >= 11 is 0. The molecule has 13 heavy (non-hydrogen) atoms. The molecule has 0 radical (unpaired) electrons. The largest absolute Gasteiger partial charge is 0.283 e. The molecule has 0 amide bonds. The average molecular weight is 169 g/mol. The molecule has 2 heterocycles. The van der Waals surface area contributed by atoms with Crippen molar-refractivity contribution in [2.45, 2.75) is 0 Å². The lowest BCUT2D eigenvalue weighted by Gasteiger charge is -1.91. The van der Waals surface area contributed by atoms with Gasteiger partial charge in [-0.1, -0.05) is 12.1 Å². The molecule has 1 aromatic carbocycles. The first-order chi connectivity index (χ1) is 6.45. The number of rotatable bonds is 0. The summed E-state index contributed by atoms with van der Waals surface area (Å²) in [6.07, 6.45) is 3.53. The van der Waals surface area contributed by atoms with E-state index in [1.807, 2.05) is 34.7 Å². The summed E-state index contributed by atoms with van der Waals surface area (Å²) < 4.78 is 1.98. The number of benzene rings is 1. The molecule has 3 nitrogen and oxygen atoms in total. The average Bonchev–Trinajstić information content (AvgIpc) is 2.56. The summed E-state index contributed by atoms with van der Waals surface area (Å²) in [5, 5.41) is 0. The zero-order chi connectivity index (χ0) is 8.67. The first-order valence-electron chi connectivity index (χ1n) is 4.12. The predicted molar refractivity (Wildman–Crippen MR) is 50.5 cm³/mol. The lowest BCUT2D eigenvalue weighted by molar-refractivity contribution is 1.11. The molecule has 0 aliphatic rings. The number of hydrogen-bond donors (Lipinski definition) is 0. The highest BCUT2D eigenvalue weighted by Crippen LogP contribution is 2.14. The second-order valence-corrected chi connectivity index (χ2v) is 2.91. The molecule has 0 fully saturated rings. The van der Waals surface area contributed by atoms with Gasteiger partial charge in [0.05, 0.1) is 11.0 Å². The Kier molecular flexibility index (Phi) is 1.16. The van der Waals surface area contributed by atoms with Gasteiger partial charge in [0.15, 0.2) is 0 Å². The highest BCUT2D eigenvalue weighted by atomic mass is 15.0. The Morgan fingerprint density at radius 3 is 3.00 bits per heavy atom. The smallest absolute Gasteiger partial charge is 0.140 e. The zero-order valence-corrected chi connectivity index (χ0v) is 6.88. The van der Waals surface area contributed by atoms with Crippen LogP contribution in [0, 0.1) is 0 Å². The topological polar surface area (TPSA) is 30.2 Å². The van der Waals surface area contributed by atoms with Crippen molar-refractivity contribution in [3.8, 4) is 0 Å². The quantitative estimate of drug-likeness (QED) is 0.514. The monoisotopic (exact) mass is 169 g/mol. The first-order valence-corrected chi connectivity index (χ1v) is 4.12. The van der Waals surface area contributed by atoms with Crippen LogP contribution in [0.15, 0.2) is 42.9 Å². The fraction of sp³-hybridized carbons (Fsp3) is 0. The summed E-state index contributed by atoms with van der Waals surface area (Å²) in [6, 6.07) is 9.94. The molecule has 0 saturated heterocycles. The first kappa shape index (κ1) is 6.60. The van der Waals surface area contributed by atoms with Crippen molar-refractivity contribution in [2.24, 2.45) is 0 Å². The number of imidazole rings is 1. The lowest BCUT2D eigenvalue weighted by atomic mass is 10.3. The van der Waals surface area contributed by atoms with E-state index in [4.69, 9.17) is 0 Å². The molecule has 0 saturated carbocycles. The molecule has 0 spiro atoms. The van der Waals surface area contributed by atoms with Crippen LogP contribution in [0.4, 0.5) is 0 Å². The molecule has 3 heteroatoms. The molecule has 62 valence electrons. The molecule has 3 rings (SSSR count). The highest BCUT2D eigenvalue weighted by molar-refractivity contribution is 5.79. The van der Waals surface area contributed by atoms with Gasteiger partial charge in [-0.15, -0.1) is 0 Å². The second-order valence-electron chi connectivity index (χ2n) is 2.91. The molecule has 2 aromatic heterocycles. The van der Waals surface area contributed by atoms with E-state index in [9.17, 15) is 0 Å². The van der Waals surface area contributed by atoms with E-state index in [1.54, 1.807) is 12.5 Å². The third-order valence-electron chi connectivity index (χ3n) is 2.11. The Labute approximate surface area is 74.7 Å². The van der Waals surface area contributed by atoms with E-state index in [0.29, 0.717) is 0 Å². The maximum Gasteiger partial charge on any atom is 0.140 e. The zero-order valence-electron chi connectivity index (χ0n) is 6.88. The highest BCUT2D eigenvalue weighted by Gasteiger charge is 2.00. The van der Waals surface area contributed by atoms with Crippen LogP contribution < -0.4 is 0 Å². The van der Waals surface area contributed by atoms with Gasteiger partial charge in [-0.25, -0.2) is 9.97 Å². The molecular weight excluding hydrogens is 162 g/mol. The Hall–Kier alpha value is -1.90. The fourth-order valence-corrected chi connectivity index (χ4v) is 1.52. The maximum atomic E-state index is 4.44. The van der Waals surface area contributed by atoms with Crippen LogP contribution >= 0.6 is 0 Å². The molecule has 0 aliphatic heterocycles. The molecule has 3 aromatic rings. The van der Waals surface area contributed by atoms with Gasteiger partial charge >= 0.3 is 0 Å². The number of hydrogen-bond acceptors (Lipinski definition) is 2. The summed E-state index contributed by atoms with van der Waals surface area (Å²) in [4.78, 5) is 8.50. The van der Waals surface area contributed by atoms with Crippen molar-refractivity contribution < 1.29 is 0 Å². The van der Waals surface area contributed by atoms with E-state index < -0.39 is 0 Å². The van der Waals surface area contributed by atoms with Gasteiger partial charge in [0.2, 0.25) is 0 Å². The Balaban J connectivity index is 2.64. The standard InChI is InChI=1S/C10H7N3/c1-2-4-9-8(3-1)12-10-5-6-11-7-13(9)10/h1-7H. The third kappa shape index (κ3) is 0.839. The minimum absolute atomic E-state index is 0.941. The summed E-state index contributed by atoms with van der Waals surface area (Å²) in [6.45, 7) is 0. The van der Waals surface area contributed by atoms with Crippen LogP contribution in [0.1, 0.15) is 0 Å². The van der Waals surface area contributed by atoms with Crippen LogP contribution in [0.2, 0.25) is 0 Å².